The zero-order valence-electron chi connectivity index (χ0n) is 13.2. The van der Waals surface area contributed by atoms with Gasteiger partial charge in [0.15, 0.2) is 5.69 Å². The largest absolute Gasteiger partial charge is 0.337 e. The summed E-state index contributed by atoms with van der Waals surface area (Å²) in [5.74, 6) is 0.331. The van der Waals surface area contributed by atoms with E-state index in [4.69, 9.17) is 0 Å². The zero-order valence-corrected chi connectivity index (χ0v) is 13.2. The van der Waals surface area contributed by atoms with Gasteiger partial charge < -0.3 is 10.2 Å². The van der Waals surface area contributed by atoms with Crippen molar-refractivity contribution in [1.82, 2.24) is 14.7 Å². The summed E-state index contributed by atoms with van der Waals surface area (Å²) >= 11 is 0. The molecule has 1 fully saturated rings. The number of likely N-dealkylation sites (tertiary alicyclic amines) is 1. The van der Waals surface area contributed by atoms with Gasteiger partial charge in [-0.05, 0) is 25.0 Å². The Hall–Kier alpha value is -2.63. The van der Waals surface area contributed by atoms with Crippen LogP contribution in [0.1, 0.15) is 36.7 Å². The number of aromatic nitrogens is 2. The highest BCUT2D eigenvalue weighted by atomic mass is 16.2. The Bertz CT molecular complexity index is 703. The van der Waals surface area contributed by atoms with Crippen LogP contribution in [0, 0.1) is 0 Å². The van der Waals surface area contributed by atoms with Gasteiger partial charge in [-0.1, -0.05) is 25.1 Å². The maximum Gasteiger partial charge on any atom is 0.274 e. The summed E-state index contributed by atoms with van der Waals surface area (Å²) in [6, 6.07) is 11.1. The van der Waals surface area contributed by atoms with Gasteiger partial charge >= 0.3 is 0 Å². The summed E-state index contributed by atoms with van der Waals surface area (Å²) < 4.78 is 1.61. The molecule has 1 aromatic heterocycles. The average molecular weight is 312 g/mol. The predicted octanol–water partition coefficient (Wildman–Crippen LogP) is 2.46. The third-order valence-electron chi connectivity index (χ3n) is 3.91. The minimum Gasteiger partial charge on any atom is -0.337 e. The van der Waals surface area contributed by atoms with Gasteiger partial charge in [0.05, 0.1) is 5.69 Å². The number of carbonyl (C=O) groups is 2. The highest BCUT2D eigenvalue weighted by molar-refractivity contribution is 5.95. The van der Waals surface area contributed by atoms with E-state index in [1.54, 1.807) is 17.7 Å². The Morgan fingerprint density at radius 3 is 2.52 bits per heavy atom. The lowest BCUT2D eigenvalue weighted by Gasteiger charge is -2.12. The molecule has 0 saturated carbocycles. The molecule has 0 radical (unpaired) electrons. The topological polar surface area (TPSA) is 67.2 Å². The normalized spacial score (nSPS) is 14.0. The first kappa shape index (κ1) is 15.3. The molecule has 0 unspecified atom stereocenters. The van der Waals surface area contributed by atoms with E-state index in [-0.39, 0.29) is 11.8 Å². The van der Waals surface area contributed by atoms with E-state index >= 15 is 0 Å². The Labute approximate surface area is 135 Å². The SMILES string of the molecule is CCC(=O)Nc1cc(C(=O)N2CCCC2)nn1-c1ccccc1. The number of nitrogens with one attached hydrogen (secondary N) is 1. The molecule has 23 heavy (non-hydrogen) atoms. The summed E-state index contributed by atoms with van der Waals surface area (Å²) in [6.07, 6.45) is 2.44. The van der Waals surface area contributed by atoms with Gasteiger partial charge in [0.2, 0.25) is 5.91 Å². The van der Waals surface area contributed by atoms with Crippen LogP contribution < -0.4 is 5.32 Å². The van der Waals surface area contributed by atoms with Gasteiger partial charge in [0, 0.05) is 25.6 Å². The molecule has 120 valence electrons. The molecule has 2 aromatic rings. The van der Waals surface area contributed by atoms with E-state index in [0.29, 0.717) is 17.9 Å². The van der Waals surface area contributed by atoms with E-state index in [2.05, 4.69) is 10.4 Å². The van der Waals surface area contributed by atoms with E-state index in [9.17, 15) is 9.59 Å². The van der Waals surface area contributed by atoms with Crippen LogP contribution in [0.25, 0.3) is 5.69 Å². The molecule has 1 saturated heterocycles. The van der Waals surface area contributed by atoms with Crippen molar-refractivity contribution >= 4 is 17.6 Å². The summed E-state index contributed by atoms with van der Waals surface area (Å²) in [4.78, 5) is 26.1. The number of nitrogens with zero attached hydrogens (tertiary/aromatic N) is 3. The molecular formula is C17H20N4O2. The molecule has 0 aliphatic carbocycles. The molecule has 2 amide bonds. The molecule has 2 heterocycles. The fourth-order valence-electron chi connectivity index (χ4n) is 2.65. The van der Waals surface area contributed by atoms with Crippen LogP contribution in [0.5, 0.6) is 0 Å². The van der Waals surface area contributed by atoms with Crippen LogP contribution in [-0.2, 0) is 4.79 Å². The molecule has 3 rings (SSSR count). The molecule has 1 aliphatic heterocycles. The lowest BCUT2D eigenvalue weighted by atomic mass is 10.3. The molecule has 1 N–H and O–H groups in total. The van der Waals surface area contributed by atoms with Crippen LogP contribution in [0.3, 0.4) is 0 Å². The van der Waals surface area contributed by atoms with Crippen molar-refractivity contribution in [2.75, 3.05) is 18.4 Å². The Morgan fingerprint density at radius 2 is 1.87 bits per heavy atom. The fraction of sp³-hybridized carbons (Fsp3) is 0.353. The highest BCUT2D eigenvalue weighted by Gasteiger charge is 2.23. The molecular weight excluding hydrogens is 292 g/mol. The number of hydrogen-bond donors (Lipinski definition) is 1. The molecule has 6 nitrogen and oxygen atoms in total. The van der Waals surface area contributed by atoms with Crippen molar-refractivity contribution in [3.05, 3.63) is 42.1 Å². The number of para-hydroxylation sites is 1. The first-order chi connectivity index (χ1) is 11.2. The number of hydrogen-bond acceptors (Lipinski definition) is 3. The second-order valence-electron chi connectivity index (χ2n) is 5.56. The van der Waals surface area contributed by atoms with Crippen molar-refractivity contribution in [3.63, 3.8) is 0 Å². The standard InChI is InChI=1S/C17H20N4O2/c1-2-16(22)18-15-12-14(17(23)20-10-6-7-11-20)19-21(15)13-8-4-3-5-9-13/h3-5,8-9,12H,2,6-7,10-11H2,1H3,(H,18,22). The molecule has 1 aliphatic rings. The molecule has 0 bridgehead atoms. The Morgan fingerprint density at radius 1 is 1.17 bits per heavy atom. The number of anilines is 1. The van der Waals surface area contributed by atoms with Crippen LogP contribution in [0.4, 0.5) is 5.82 Å². The third kappa shape index (κ3) is 3.26. The van der Waals surface area contributed by atoms with Crippen molar-refractivity contribution in [2.24, 2.45) is 0 Å². The average Bonchev–Trinajstić information content (AvgIpc) is 3.25. The van der Waals surface area contributed by atoms with Crippen molar-refractivity contribution in [3.8, 4) is 5.69 Å². The first-order valence-corrected chi connectivity index (χ1v) is 7.93. The molecule has 1 aromatic carbocycles. The number of benzene rings is 1. The van der Waals surface area contributed by atoms with Crippen LogP contribution in [0.2, 0.25) is 0 Å². The quantitative estimate of drug-likeness (QED) is 0.943. The summed E-state index contributed by atoms with van der Waals surface area (Å²) in [5, 5.41) is 7.24. The molecule has 0 atom stereocenters. The van der Waals surface area contributed by atoms with E-state index in [1.807, 2.05) is 35.2 Å². The lowest BCUT2D eigenvalue weighted by Crippen LogP contribution is -2.28. The summed E-state index contributed by atoms with van der Waals surface area (Å²) in [5.41, 5.74) is 1.17. The summed E-state index contributed by atoms with van der Waals surface area (Å²) in [7, 11) is 0. The summed E-state index contributed by atoms with van der Waals surface area (Å²) in [6.45, 7) is 3.33. The first-order valence-electron chi connectivity index (χ1n) is 7.93. The lowest BCUT2D eigenvalue weighted by molar-refractivity contribution is -0.115. The van der Waals surface area contributed by atoms with Crippen molar-refractivity contribution in [1.29, 1.82) is 0 Å². The van der Waals surface area contributed by atoms with Gasteiger partial charge in [-0.15, -0.1) is 0 Å². The van der Waals surface area contributed by atoms with E-state index in [0.717, 1.165) is 31.6 Å². The van der Waals surface area contributed by atoms with Gasteiger partial charge in [0.25, 0.3) is 5.91 Å². The van der Waals surface area contributed by atoms with Crippen molar-refractivity contribution in [2.45, 2.75) is 26.2 Å². The van der Waals surface area contributed by atoms with Gasteiger partial charge in [-0.25, -0.2) is 4.68 Å². The number of rotatable bonds is 4. The van der Waals surface area contributed by atoms with Crippen LogP contribution >= 0.6 is 0 Å². The van der Waals surface area contributed by atoms with Crippen molar-refractivity contribution < 1.29 is 9.59 Å². The van der Waals surface area contributed by atoms with Gasteiger partial charge in [0.1, 0.15) is 5.82 Å². The highest BCUT2D eigenvalue weighted by Crippen LogP contribution is 2.20. The predicted molar refractivity (Wildman–Crippen MR) is 87.6 cm³/mol. The maximum atomic E-state index is 12.5. The zero-order chi connectivity index (χ0) is 16.2. The second kappa shape index (κ2) is 6.64. The molecule has 6 heteroatoms. The van der Waals surface area contributed by atoms with E-state index < -0.39 is 0 Å². The third-order valence-corrected chi connectivity index (χ3v) is 3.91. The number of amides is 2. The fourth-order valence-corrected chi connectivity index (χ4v) is 2.65. The monoisotopic (exact) mass is 312 g/mol. The van der Waals surface area contributed by atoms with E-state index in [1.165, 1.54) is 0 Å². The Balaban J connectivity index is 1.95. The van der Waals surface area contributed by atoms with Gasteiger partial charge in [-0.2, -0.15) is 5.10 Å². The molecule has 0 spiro atoms. The van der Waals surface area contributed by atoms with Crippen LogP contribution in [-0.4, -0.2) is 39.6 Å². The number of carbonyl (C=O) groups excluding carboxylic acids is 2. The minimum absolute atomic E-state index is 0.0795. The van der Waals surface area contributed by atoms with Crippen LogP contribution in [0.15, 0.2) is 36.4 Å². The minimum atomic E-state index is -0.109. The smallest absolute Gasteiger partial charge is 0.274 e. The Kier molecular flexibility index (Phi) is 4.41. The van der Waals surface area contributed by atoms with Gasteiger partial charge in [-0.3, -0.25) is 9.59 Å². The maximum absolute atomic E-state index is 12.5. The second-order valence-corrected chi connectivity index (χ2v) is 5.56.